The van der Waals surface area contributed by atoms with E-state index in [1.807, 2.05) is 43.3 Å². The van der Waals surface area contributed by atoms with Gasteiger partial charge in [-0.25, -0.2) is 0 Å². The molecule has 0 bridgehead atoms. The van der Waals surface area contributed by atoms with E-state index in [4.69, 9.17) is 0 Å². The molecule has 1 N–H and O–H groups in total. The lowest BCUT2D eigenvalue weighted by Crippen LogP contribution is -2.24. The van der Waals surface area contributed by atoms with Gasteiger partial charge in [0.2, 0.25) is 0 Å². The minimum Gasteiger partial charge on any atom is -0.348 e. The lowest BCUT2D eigenvalue weighted by molar-refractivity contribution is 0.0957. The van der Waals surface area contributed by atoms with Crippen LogP contribution < -0.4 is 5.32 Å². The van der Waals surface area contributed by atoms with Gasteiger partial charge in [0.25, 0.3) is 5.91 Å². The van der Waals surface area contributed by atoms with Gasteiger partial charge < -0.3 is 5.32 Å². The summed E-state index contributed by atoms with van der Waals surface area (Å²) in [4.78, 5) is 11.9. The van der Waals surface area contributed by atoms with E-state index in [1.165, 1.54) is 0 Å². The highest BCUT2D eigenvalue weighted by Crippen LogP contribution is 2.20. The molecule has 0 aliphatic carbocycles. The first-order valence-corrected chi connectivity index (χ1v) is 6.47. The van der Waals surface area contributed by atoms with E-state index in [-0.39, 0.29) is 5.91 Å². The van der Waals surface area contributed by atoms with Crippen LogP contribution in [0.1, 0.15) is 17.3 Å². The van der Waals surface area contributed by atoms with Gasteiger partial charge in [-0.2, -0.15) is 0 Å². The van der Waals surface area contributed by atoms with Crippen LogP contribution in [0.3, 0.4) is 0 Å². The third-order valence-electron chi connectivity index (χ3n) is 2.62. The second-order valence-electron chi connectivity index (χ2n) is 4.35. The van der Waals surface area contributed by atoms with E-state index < -0.39 is 0 Å². The van der Waals surface area contributed by atoms with Crippen molar-refractivity contribution in [2.24, 2.45) is 0 Å². The molecule has 3 heteroatoms. The van der Waals surface area contributed by atoms with Gasteiger partial charge in [0.15, 0.2) is 0 Å². The molecule has 0 saturated heterocycles. The van der Waals surface area contributed by atoms with Crippen LogP contribution in [0.4, 0.5) is 0 Å². The molecule has 0 aliphatic heterocycles. The summed E-state index contributed by atoms with van der Waals surface area (Å²) in [5.74, 6) is -0.0668. The van der Waals surface area contributed by atoms with Crippen LogP contribution >= 0.6 is 15.9 Å². The van der Waals surface area contributed by atoms with E-state index in [9.17, 15) is 4.79 Å². The number of nitrogens with one attached hydrogen (secondary N) is 1. The van der Waals surface area contributed by atoms with Crippen LogP contribution in [0.15, 0.2) is 53.0 Å². The van der Waals surface area contributed by atoms with Gasteiger partial charge in [-0.3, -0.25) is 4.79 Å². The molecule has 2 aromatic carbocycles. The molecule has 1 amide bonds. The lowest BCUT2D eigenvalue weighted by atomic mass is 10.1. The molecule has 2 rings (SSSR count). The Morgan fingerprint density at radius 1 is 1.22 bits per heavy atom. The molecule has 92 valence electrons. The predicted molar refractivity (Wildman–Crippen MR) is 78.8 cm³/mol. The number of halogens is 1. The van der Waals surface area contributed by atoms with Crippen molar-refractivity contribution in [3.05, 3.63) is 58.6 Å². The quantitative estimate of drug-likeness (QED) is 0.856. The molecule has 0 heterocycles. The number of hydrogen-bond acceptors (Lipinski definition) is 1. The van der Waals surface area contributed by atoms with Crippen LogP contribution in [-0.2, 0) is 0 Å². The molecule has 0 fully saturated rings. The Hall–Kier alpha value is -1.61. The molecule has 0 unspecified atom stereocenters. The highest BCUT2D eigenvalue weighted by atomic mass is 79.9. The largest absolute Gasteiger partial charge is 0.348 e. The van der Waals surface area contributed by atoms with E-state index in [2.05, 4.69) is 27.8 Å². The van der Waals surface area contributed by atoms with Crippen LogP contribution in [-0.4, -0.2) is 12.5 Å². The van der Waals surface area contributed by atoms with E-state index in [1.54, 1.807) is 0 Å². The number of fused-ring (bicyclic) bond motifs is 1. The second kappa shape index (κ2) is 5.36. The normalized spacial score (nSPS) is 10.3. The minimum absolute atomic E-state index is 0.0668. The summed E-state index contributed by atoms with van der Waals surface area (Å²) in [5.41, 5.74) is 1.61. The molecular weight excluding hydrogens is 290 g/mol. The summed E-state index contributed by atoms with van der Waals surface area (Å²) in [5, 5.41) is 5.00. The maximum atomic E-state index is 11.9. The Morgan fingerprint density at radius 2 is 1.89 bits per heavy atom. The highest BCUT2D eigenvalue weighted by Gasteiger charge is 2.05. The Morgan fingerprint density at radius 3 is 2.61 bits per heavy atom. The Bertz CT molecular complexity index is 619. The third kappa shape index (κ3) is 2.99. The lowest BCUT2D eigenvalue weighted by Gasteiger charge is -2.06. The topological polar surface area (TPSA) is 29.1 Å². The summed E-state index contributed by atoms with van der Waals surface area (Å²) >= 11 is 3.43. The number of benzene rings is 2. The zero-order valence-corrected chi connectivity index (χ0v) is 11.8. The van der Waals surface area contributed by atoms with Crippen molar-refractivity contribution in [2.45, 2.75) is 6.92 Å². The fourth-order valence-electron chi connectivity index (χ4n) is 1.69. The van der Waals surface area contributed by atoms with Gasteiger partial charge in [0.1, 0.15) is 0 Å². The Balaban J connectivity index is 2.27. The van der Waals surface area contributed by atoms with Gasteiger partial charge in [-0.1, -0.05) is 40.2 Å². The van der Waals surface area contributed by atoms with Crippen molar-refractivity contribution in [2.75, 3.05) is 6.54 Å². The van der Waals surface area contributed by atoms with E-state index >= 15 is 0 Å². The molecule has 0 aromatic heterocycles. The van der Waals surface area contributed by atoms with Crippen molar-refractivity contribution in [3.8, 4) is 0 Å². The summed E-state index contributed by atoms with van der Waals surface area (Å²) in [6.45, 7) is 6.16. The van der Waals surface area contributed by atoms with Gasteiger partial charge in [-0.05, 0) is 42.0 Å². The smallest absolute Gasteiger partial charge is 0.251 e. The summed E-state index contributed by atoms with van der Waals surface area (Å²) < 4.78 is 1.04. The molecule has 0 atom stereocenters. The van der Waals surface area contributed by atoms with Crippen molar-refractivity contribution in [3.63, 3.8) is 0 Å². The van der Waals surface area contributed by atoms with Gasteiger partial charge in [0, 0.05) is 16.6 Å². The monoisotopic (exact) mass is 303 g/mol. The van der Waals surface area contributed by atoms with Gasteiger partial charge in [0.05, 0.1) is 0 Å². The average molecular weight is 304 g/mol. The SMILES string of the molecule is C=C(C)CNC(=O)c1ccc2cc(Br)ccc2c1. The fraction of sp³-hybridized carbons (Fsp3) is 0.133. The predicted octanol–water partition coefficient (Wildman–Crippen LogP) is 3.91. The number of rotatable bonds is 3. The van der Waals surface area contributed by atoms with Crippen LogP contribution in [0.5, 0.6) is 0 Å². The number of hydrogen-bond donors (Lipinski definition) is 1. The van der Waals surface area contributed by atoms with Gasteiger partial charge >= 0.3 is 0 Å². The Kier molecular flexibility index (Phi) is 3.82. The molecular formula is C15H14BrNO. The van der Waals surface area contributed by atoms with Crippen molar-refractivity contribution >= 4 is 32.6 Å². The first-order valence-electron chi connectivity index (χ1n) is 5.68. The molecule has 0 radical (unpaired) electrons. The number of carbonyl (C=O) groups is 1. The standard InChI is InChI=1S/C15H14BrNO/c1-10(2)9-17-15(18)13-4-3-12-8-14(16)6-5-11(12)7-13/h3-8H,1,9H2,2H3,(H,17,18). The van der Waals surface area contributed by atoms with Crippen molar-refractivity contribution in [1.82, 2.24) is 5.32 Å². The second-order valence-corrected chi connectivity index (χ2v) is 5.26. The molecule has 2 nitrogen and oxygen atoms in total. The molecule has 18 heavy (non-hydrogen) atoms. The maximum Gasteiger partial charge on any atom is 0.251 e. The zero-order chi connectivity index (χ0) is 13.1. The van der Waals surface area contributed by atoms with Crippen LogP contribution in [0.25, 0.3) is 10.8 Å². The highest BCUT2D eigenvalue weighted by molar-refractivity contribution is 9.10. The number of carbonyl (C=O) groups excluding carboxylic acids is 1. The molecule has 0 aliphatic rings. The van der Waals surface area contributed by atoms with Crippen molar-refractivity contribution in [1.29, 1.82) is 0 Å². The van der Waals surface area contributed by atoms with Crippen LogP contribution in [0, 0.1) is 0 Å². The van der Waals surface area contributed by atoms with Crippen molar-refractivity contribution < 1.29 is 4.79 Å². The minimum atomic E-state index is -0.0668. The number of amides is 1. The van der Waals surface area contributed by atoms with Gasteiger partial charge in [-0.15, -0.1) is 0 Å². The molecule has 0 spiro atoms. The fourth-order valence-corrected chi connectivity index (χ4v) is 2.07. The van der Waals surface area contributed by atoms with E-state index in [0.717, 1.165) is 20.8 Å². The first kappa shape index (κ1) is 12.8. The van der Waals surface area contributed by atoms with Crippen LogP contribution in [0.2, 0.25) is 0 Å². The molecule has 0 saturated carbocycles. The Labute approximate surface area is 115 Å². The summed E-state index contributed by atoms with van der Waals surface area (Å²) in [7, 11) is 0. The molecule has 2 aromatic rings. The van der Waals surface area contributed by atoms with E-state index in [0.29, 0.717) is 12.1 Å². The summed E-state index contributed by atoms with van der Waals surface area (Å²) in [6, 6.07) is 11.7. The third-order valence-corrected chi connectivity index (χ3v) is 3.11. The zero-order valence-electron chi connectivity index (χ0n) is 10.2. The average Bonchev–Trinajstić information content (AvgIpc) is 2.35. The maximum absolute atomic E-state index is 11.9. The first-order chi connectivity index (χ1) is 8.56. The summed E-state index contributed by atoms with van der Waals surface area (Å²) in [6.07, 6.45) is 0.